The van der Waals surface area contributed by atoms with Crippen LogP contribution in [0.1, 0.15) is 73.8 Å². The van der Waals surface area contributed by atoms with E-state index < -0.39 is 32.6 Å². The number of nitrogens with zero attached hydrogens (tertiary/aromatic N) is 6. The summed E-state index contributed by atoms with van der Waals surface area (Å²) in [7, 11) is 1.62. The van der Waals surface area contributed by atoms with E-state index in [2.05, 4.69) is 70.8 Å². The van der Waals surface area contributed by atoms with Crippen molar-refractivity contribution in [3.8, 4) is 17.6 Å². The van der Waals surface area contributed by atoms with Crippen LogP contribution in [0.3, 0.4) is 0 Å². The molecule has 15 heteroatoms. The third-order valence-electron chi connectivity index (χ3n) is 10.6. The first-order valence-electron chi connectivity index (χ1n) is 20.6. The SMILES string of the molecule is COc1ccc(C(OC[C@H]2O[C@H](n3cnc4c(NC(=O)c5ccccc5)ncnc43)C[C@@H]2OP(OCCC#N)N(C(C)C)C(C)C)(c2ccccc2)c2ccc(OC)cc2)cc1. The van der Waals surface area contributed by atoms with Crippen molar-refractivity contribution >= 4 is 31.4 Å². The minimum Gasteiger partial charge on any atom is -0.497 e. The number of anilines is 1. The molecule has 4 aromatic carbocycles. The van der Waals surface area contributed by atoms with Gasteiger partial charge in [-0.1, -0.05) is 72.8 Å². The molecule has 1 aliphatic heterocycles. The van der Waals surface area contributed by atoms with Crippen LogP contribution in [-0.4, -0.2) is 81.8 Å². The molecule has 62 heavy (non-hydrogen) atoms. The monoisotopic (exact) mass is 857 g/mol. The lowest BCUT2D eigenvalue weighted by Gasteiger charge is -2.39. The molecule has 2 aromatic heterocycles. The molecular formula is C47H52N7O7P. The summed E-state index contributed by atoms with van der Waals surface area (Å²) < 4.78 is 43.0. The number of carbonyl (C=O) groups excluding carboxylic acids is 1. The van der Waals surface area contributed by atoms with Crippen LogP contribution in [0, 0.1) is 11.3 Å². The number of amides is 1. The largest absolute Gasteiger partial charge is 0.497 e. The number of methoxy groups -OCH3 is 2. The van der Waals surface area contributed by atoms with Gasteiger partial charge in [0.25, 0.3) is 14.4 Å². The summed E-state index contributed by atoms with van der Waals surface area (Å²) in [5.41, 5.74) is 2.89. The topological polar surface area (TPSA) is 155 Å². The van der Waals surface area contributed by atoms with E-state index in [0.717, 1.165) is 16.7 Å². The highest BCUT2D eigenvalue weighted by molar-refractivity contribution is 7.44. The van der Waals surface area contributed by atoms with Crippen LogP contribution in [0.25, 0.3) is 11.2 Å². The van der Waals surface area contributed by atoms with E-state index in [1.807, 2.05) is 77.4 Å². The maximum Gasteiger partial charge on any atom is 0.259 e. The number of rotatable bonds is 19. The van der Waals surface area contributed by atoms with Gasteiger partial charge in [-0.25, -0.2) is 19.6 Å². The summed E-state index contributed by atoms with van der Waals surface area (Å²) in [6, 6.07) is 37.1. The van der Waals surface area contributed by atoms with Gasteiger partial charge in [-0.2, -0.15) is 5.26 Å². The molecule has 0 spiro atoms. The lowest BCUT2D eigenvalue weighted by molar-refractivity contribution is -0.0912. The Morgan fingerprint density at radius 1 is 0.871 bits per heavy atom. The van der Waals surface area contributed by atoms with E-state index in [1.165, 1.54) is 6.33 Å². The van der Waals surface area contributed by atoms with Gasteiger partial charge in [-0.05, 0) is 80.8 Å². The molecule has 322 valence electrons. The zero-order valence-electron chi connectivity index (χ0n) is 35.8. The number of benzene rings is 4. The standard InChI is InChI=1S/C47H52N7O7P/c1-32(2)54(33(3)4)62(59-27-13-26-48)61-40-28-42(53-31-51-43-44(49-30-50-45(43)53)52-46(55)34-14-9-7-10-15-34)60-41(40)29-58-47(35-16-11-8-12-17-35,36-18-22-38(56-5)23-19-36)37-20-24-39(57-6)25-21-37/h7-12,14-25,30-33,40-42H,13,27-29H2,1-6H3,(H,49,50,52,55)/t40-,41+,42-,62?/m0/s1. The molecule has 0 saturated carbocycles. The molecule has 1 aliphatic rings. The van der Waals surface area contributed by atoms with Gasteiger partial charge < -0.3 is 33.3 Å². The van der Waals surface area contributed by atoms with Gasteiger partial charge in [0.15, 0.2) is 17.0 Å². The van der Waals surface area contributed by atoms with Crippen molar-refractivity contribution in [1.29, 1.82) is 5.26 Å². The second kappa shape index (κ2) is 20.4. The molecule has 6 aromatic rings. The molecule has 3 heterocycles. The van der Waals surface area contributed by atoms with E-state index >= 15 is 0 Å². The summed E-state index contributed by atoms with van der Waals surface area (Å²) in [6.45, 7) is 8.70. The Morgan fingerprint density at radius 2 is 1.47 bits per heavy atom. The number of hydrogen-bond donors (Lipinski definition) is 1. The van der Waals surface area contributed by atoms with Crippen LogP contribution < -0.4 is 14.8 Å². The van der Waals surface area contributed by atoms with Crippen molar-refractivity contribution in [2.24, 2.45) is 0 Å². The second-order valence-corrected chi connectivity index (χ2v) is 16.6. The third-order valence-corrected chi connectivity index (χ3v) is 12.8. The van der Waals surface area contributed by atoms with Crippen molar-refractivity contribution < 1.29 is 32.8 Å². The minimum atomic E-state index is -1.66. The summed E-state index contributed by atoms with van der Waals surface area (Å²) in [4.78, 5) is 26.8. The van der Waals surface area contributed by atoms with Gasteiger partial charge in [0, 0.05) is 24.1 Å². The number of nitriles is 1. The number of nitrogens with one attached hydrogen (secondary N) is 1. The first-order valence-corrected chi connectivity index (χ1v) is 21.7. The van der Waals surface area contributed by atoms with Crippen LogP contribution >= 0.6 is 8.53 Å². The fourth-order valence-corrected chi connectivity index (χ4v) is 9.51. The lowest BCUT2D eigenvalue weighted by Crippen LogP contribution is -2.39. The molecule has 0 bridgehead atoms. The predicted octanol–water partition coefficient (Wildman–Crippen LogP) is 9.05. The van der Waals surface area contributed by atoms with Gasteiger partial charge in [0.1, 0.15) is 35.8 Å². The molecule has 1 N–H and O–H groups in total. The van der Waals surface area contributed by atoms with Crippen LogP contribution in [0.2, 0.25) is 0 Å². The van der Waals surface area contributed by atoms with Gasteiger partial charge in [0.2, 0.25) is 0 Å². The Labute approximate surface area is 363 Å². The van der Waals surface area contributed by atoms with E-state index in [1.54, 1.807) is 44.8 Å². The summed E-state index contributed by atoms with van der Waals surface area (Å²) >= 11 is 0. The maximum absolute atomic E-state index is 13.2. The zero-order valence-corrected chi connectivity index (χ0v) is 36.6. The predicted molar refractivity (Wildman–Crippen MR) is 237 cm³/mol. The van der Waals surface area contributed by atoms with Crippen LogP contribution in [-0.2, 0) is 24.1 Å². The first-order chi connectivity index (χ1) is 30.2. The maximum atomic E-state index is 13.2. The van der Waals surface area contributed by atoms with Gasteiger partial charge in [-0.3, -0.25) is 9.36 Å². The van der Waals surface area contributed by atoms with Crippen molar-refractivity contribution in [2.75, 3.05) is 32.8 Å². The normalized spacial score (nSPS) is 17.1. The highest BCUT2D eigenvalue weighted by Gasteiger charge is 2.45. The quantitative estimate of drug-likeness (QED) is 0.0469. The minimum absolute atomic E-state index is 0.0747. The van der Waals surface area contributed by atoms with Gasteiger partial charge in [-0.15, -0.1) is 0 Å². The van der Waals surface area contributed by atoms with E-state index in [4.69, 9.17) is 28.0 Å². The number of ether oxygens (including phenoxy) is 4. The molecule has 0 aliphatic carbocycles. The fraction of sp³-hybridized carbons (Fsp3) is 0.340. The summed E-state index contributed by atoms with van der Waals surface area (Å²) in [6.07, 6.45) is 1.84. The number of hydrogen-bond acceptors (Lipinski definition) is 12. The molecule has 1 amide bonds. The van der Waals surface area contributed by atoms with Crippen molar-refractivity contribution in [3.63, 3.8) is 0 Å². The third kappa shape index (κ3) is 9.64. The molecule has 4 atom stereocenters. The Hall–Kier alpha value is -5.78. The molecule has 1 saturated heterocycles. The summed E-state index contributed by atoms with van der Waals surface area (Å²) in [5, 5.41) is 12.3. The van der Waals surface area contributed by atoms with Gasteiger partial charge in [0.05, 0.1) is 52.4 Å². The smallest absolute Gasteiger partial charge is 0.259 e. The van der Waals surface area contributed by atoms with Gasteiger partial charge >= 0.3 is 0 Å². The number of fused-ring (bicyclic) bond motifs is 1. The van der Waals surface area contributed by atoms with E-state index in [0.29, 0.717) is 34.6 Å². The van der Waals surface area contributed by atoms with E-state index in [9.17, 15) is 10.1 Å². The Morgan fingerprint density at radius 3 is 2.05 bits per heavy atom. The first kappa shape index (κ1) is 44.3. The summed E-state index contributed by atoms with van der Waals surface area (Å²) in [5.74, 6) is 1.39. The molecule has 7 rings (SSSR count). The van der Waals surface area contributed by atoms with E-state index in [-0.39, 0.29) is 43.4 Å². The number of aromatic nitrogens is 4. The Bertz CT molecular complexity index is 2360. The highest BCUT2D eigenvalue weighted by Crippen LogP contribution is 2.51. The molecule has 1 fully saturated rings. The molecule has 0 radical (unpaired) electrons. The molecule has 14 nitrogen and oxygen atoms in total. The zero-order chi connectivity index (χ0) is 43.6. The van der Waals surface area contributed by atoms with Crippen LogP contribution in [0.4, 0.5) is 5.82 Å². The second-order valence-electron chi connectivity index (χ2n) is 15.2. The fourth-order valence-electron chi connectivity index (χ4n) is 7.75. The highest BCUT2D eigenvalue weighted by atomic mass is 31.2. The van der Waals surface area contributed by atoms with Crippen molar-refractivity contribution in [2.45, 2.75) is 76.7 Å². The van der Waals surface area contributed by atoms with Crippen LogP contribution in [0.5, 0.6) is 11.5 Å². The van der Waals surface area contributed by atoms with Crippen molar-refractivity contribution in [3.05, 3.63) is 144 Å². The molecule has 1 unspecified atom stereocenters. The average Bonchev–Trinajstić information content (AvgIpc) is 3.92. The Kier molecular flexibility index (Phi) is 14.6. The van der Waals surface area contributed by atoms with Crippen LogP contribution in [0.15, 0.2) is 122 Å². The number of imidazole rings is 1. The van der Waals surface area contributed by atoms with Crippen molar-refractivity contribution in [1.82, 2.24) is 24.2 Å². The Balaban J connectivity index is 1.28. The number of carbonyl (C=O) groups is 1. The molecular weight excluding hydrogens is 806 g/mol. The average molecular weight is 858 g/mol. The lowest BCUT2D eigenvalue weighted by atomic mass is 9.80.